The molecule has 0 aliphatic rings. The molecule has 20 heavy (non-hydrogen) atoms. The number of nitrogens with one attached hydrogen (secondary N) is 1. The summed E-state index contributed by atoms with van der Waals surface area (Å²) in [5, 5.41) is 11.6. The molecule has 0 spiro atoms. The van der Waals surface area contributed by atoms with Gasteiger partial charge in [0.1, 0.15) is 6.04 Å². The molecule has 0 heterocycles. The van der Waals surface area contributed by atoms with E-state index in [1.54, 1.807) is 11.8 Å². The lowest BCUT2D eigenvalue weighted by molar-refractivity contribution is -0.141. The zero-order valence-electron chi connectivity index (χ0n) is 11.6. The van der Waals surface area contributed by atoms with Crippen molar-refractivity contribution in [1.29, 1.82) is 0 Å². The van der Waals surface area contributed by atoms with Gasteiger partial charge in [-0.3, -0.25) is 4.79 Å². The number of aliphatic carboxylic acids is 1. The van der Waals surface area contributed by atoms with Crippen LogP contribution < -0.4 is 5.32 Å². The van der Waals surface area contributed by atoms with E-state index in [1.165, 1.54) is 11.8 Å². The van der Waals surface area contributed by atoms with Crippen molar-refractivity contribution < 1.29 is 14.7 Å². The normalized spacial score (nSPS) is 11.9. The van der Waals surface area contributed by atoms with Crippen LogP contribution in [0.1, 0.15) is 12.0 Å². The van der Waals surface area contributed by atoms with Gasteiger partial charge in [-0.1, -0.05) is 18.2 Å². The van der Waals surface area contributed by atoms with Gasteiger partial charge in [0.2, 0.25) is 5.91 Å². The summed E-state index contributed by atoms with van der Waals surface area (Å²) in [4.78, 5) is 23.9. The number of carbonyl (C=O) groups excluding carboxylic acids is 1. The van der Waals surface area contributed by atoms with Gasteiger partial charge in [0.15, 0.2) is 0 Å². The zero-order valence-corrected chi connectivity index (χ0v) is 13.2. The molecule has 110 valence electrons. The van der Waals surface area contributed by atoms with E-state index < -0.39 is 12.0 Å². The average Bonchev–Trinajstić information content (AvgIpc) is 2.42. The number of carboxylic acids is 1. The maximum atomic E-state index is 11.8. The summed E-state index contributed by atoms with van der Waals surface area (Å²) in [5.41, 5.74) is 1.11. The summed E-state index contributed by atoms with van der Waals surface area (Å²) < 4.78 is 0. The first-order valence-electron chi connectivity index (χ1n) is 6.24. The molecule has 1 rings (SSSR count). The molecule has 0 saturated heterocycles. The number of carboxylic acid groups (broad SMARTS) is 1. The zero-order chi connectivity index (χ0) is 15.0. The fraction of sp³-hybridized carbons (Fsp3) is 0.429. The summed E-state index contributed by atoms with van der Waals surface area (Å²) in [6.45, 7) is 1.98. The van der Waals surface area contributed by atoms with Crippen LogP contribution in [0.5, 0.6) is 0 Å². The Labute approximate surface area is 127 Å². The molecule has 1 atom stereocenters. The number of hydrogen-bond donors (Lipinski definition) is 2. The maximum absolute atomic E-state index is 11.8. The molecular weight excluding hydrogens is 294 g/mol. The molecule has 0 aromatic heterocycles. The van der Waals surface area contributed by atoms with Crippen molar-refractivity contribution >= 4 is 35.4 Å². The van der Waals surface area contributed by atoms with Crippen LogP contribution in [0.25, 0.3) is 0 Å². The highest BCUT2D eigenvalue weighted by atomic mass is 32.2. The van der Waals surface area contributed by atoms with E-state index in [9.17, 15) is 9.59 Å². The van der Waals surface area contributed by atoms with E-state index in [1.807, 2.05) is 37.4 Å². The minimum absolute atomic E-state index is 0.230. The number of benzene rings is 1. The third kappa shape index (κ3) is 5.88. The van der Waals surface area contributed by atoms with Crippen LogP contribution in [0.3, 0.4) is 0 Å². The number of carbonyl (C=O) groups is 2. The van der Waals surface area contributed by atoms with Crippen molar-refractivity contribution in [2.24, 2.45) is 0 Å². The van der Waals surface area contributed by atoms with Crippen LogP contribution in [0.15, 0.2) is 29.2 Å². The first-order chi connectivity index (χ1) is 9.54. The Bertz CT molecular complexity index is 465. The van der Waals surface area contributed by atoms with E-state index in [-0.39, 0.29) is 11.7 Å². The van der Waals surface area contributed by atoms with Gasteiger partial charge in [-0.15, -0.1) is 11.8 Å². The predicted octanol–water partition coefficient (Wildman–Crippen LogP) is 2.41. The van der Waals surface area contributed by atoms with Gasteiger partial charge >= 0.3 is 5.97 Å². The third-order valence-electron chi connectivity index (χ3n) is 2.70. The number of aryl methyl sites for hydroxylation is 1. The summed E-state index contributed by atoms with van der Waals surface area (Å²) in [5.74, 6) is -0.282. The highest BCUT2D eigenvalue weighted by Gasteiger charge is 2.19. The molecule has 0 bridgehead atoms. The van der Waals surface area contributed by atoms with Gasteiger partial charge < -0.3 is 10.4 Å². The molecule has 1 aromatic rings. The van der Waals surface area contributed by atoms with Crippen molar-refractivity contribution in [2.45, 2.75) is 24.3 Å². The highest BCUT2D eigenvalue weighted by molar-refractivity contribution is 8.00. The molecule has 1 amide bonds. The SMILES string of the molecule is CSCC[C@@H](NC(=O)CSc1ccccc1C)C(=O)O. The van der Waals surface area contributed by atoms with E-state index in [2.05, 4.69) is 5.32 Å². The molecule has 4 nitrogen and oxygen atoms in total. The van der Waals surface area contributed by atoms with Crippen molar-refractivity contribution in [2.75, 3.05) is 17.8 Å². The van der Waals surface area contributed by atoms with Gasteiger partial charge in [-0.25, -0.2) is 4.79 Å². The Morgan fingerprint density at radius 3 is 2.65 bits per heavy atom. The second kappa shape index (κ2) is 8.92. The Hall–Kier alpha value is -1.14. The van der Waals surface area contributed by atoms with Crippen molar-refractivity contribution in [1.82, 2.24) is 5.32 Å². The van der Waals surface area contributed by atoms with Gasteiger partial charge in [0, 0.05) is 4.90 Å². The van der Waals surface area contributed by atoms with E-state index in [0.29, 0.717) is 12.2 Å². The minimum Gasteiger partial charge on any atom is -0.480 e. The molecule has 0 fully saturated rings. The van der Waals surface area contributed by atoms with Crippen molar-refractivity contribution in [3.05, 3.63) is 29.8 Å². The molecule has 0 unspecified atom stereocenters. The first-order valence-corrected chi connectivity index (χ1v) is 8.62. The molecule has 2 N–H and O–H groups in total. The van der Waals surface area contributed by atoms with Crippen LogP contribution in [0.2, 0.25) is 0 Å². The lowest BCUT2D eigenvalue weighted by Gasteiger charge is -2.14. The van der Waals surface area contributed by atoms with Crippen LogP contribution in [0, 0.1) is 6.92 Å². The second-order valence-electron chi connectivity index (χ2n) is 4.29. The molecular formula is C14H19NO3S2. The number of thioether (sulfide) groups is 2. The van der Waals surface area contributed by atoms with E-state index in [4.69, 9.17) is 5.11 Å². The quantitative estimate of drug-likeness (QED) is 0.722. The Morgan fingerprint density at radius 2 is 2.05 bits per heavy atom. The topological polar surface area (TPSA) is 66.4 Å². The minimum atomic E-state index is -0.978. The fourth-order valence-corrected chi connectivity index (χ4v) is 2.90. The number of rotatable bonds is 8. The smallest absolute Gasteiger partial charge is 0.326 e. The standard InChI is InChI=1S/C14H19NO3S2/c1-10-5-3-4-6-12(10)20-9-13(16)15-11(14(17)18)7-8-19-2/h3-6,11H,7-9H2,1-2H3,(H,15,16)(H,17,18)/t11-/m1/s1. The first kappa shape index (κ1) is 16.9. The van der Waals surface area contributed by atoms with E-state index in [0.717, 1.165) is 10.5 Å². The van der Waals surface area contributed by atoms with Gasteiger partial charge in [0.05, 0.1) is 5.75 Å². The van der Waals surface area contributed by atoms with Crippen molar-refractivity contribution in [3.8, 4) is 0 Å². The fourth-order valence-electron chi connectivity index (χ4n) is 1.59. The molecule has 0 aliphatic carbocycles. The lowest BCUT2D eigenvalue weighted by atomic mass is 10.2. The second-order valence-corrected chi connectivity index (χ2v) is 6.30. The largest absolute Gasteiger partial charge is 0.480 e. The van der Waals surface area contributed by atoms with Gasteiger partial charge in [0.25, 0.3) is 0 Å². The van der Waals surface area contributed by atoms with Crippen LogP contribution in [-0.2, 0) is 9.59 Å². The monoisotopic (exact) mass is 313 g/mol. The Kier molecular flexibility index (Phi) is 7.54. The molecule has 1 aromatic carbocycles. The summed E-state index contributed by atoms with van der Waals surface area (Å²) in [6.07, 6.45) is 2.35. The Balaban J connectivity index is 2.46. The molecule has 0 radical (unpaired) electrons. The lowest BCUT2D eigenvalue weighted by Crippen LogP contribution is -2.42. The molecule has 0 saturated carbocycles. The van der Waals surface area contributed by atoms with Gasteiger partial charge in [-0.2, -0.15) is 11.8 Å². The predicted molar refractivity (Wildman–Crippen MR) is 84.5 cm³/mol. The number of hydrogen-bond acceptors (Lipinski definition) is 4. The summed E-state index contributed by atoms with van der Waals surface area (Å²) in [7, 11) is 0. The maximum Gasteiger partial charge on any atom is 0.326 e. The van der Waals surface area contributed by atoms with Crippen LogP contribution in [-0.4, -0.2) is 40.8 Å². The molecule has 0 aliphatic heterocycles. The molecule has 6 heteroatoms. The average molecular weight is 313 g/mol. The summed E-state index contributed by atoms with van der Waals surface area (Å²) >= 11 is 2.99. The van der Waals surface area contributed by atoms with Crippen molar-refractivity contribution in [3.63, 3.8) is 0 Å². The summed E-state index contributed by atoms with van der Waals surface area (Å²) in [6, 6.07) is 7.01. The van der Waals surface area contributed by atoms with Gasteiger partial charge in [-0.05, 0) is 37.0 Å². The highest BCUT2D eigenvalue weighted by Crippen LogP contribution is 2.21. The van der Waals surface area contributed by atoms with Crippen LogP contribution >= 0.6 is 23.5 Å². The van der Waals surface area contributed by atoms with Crippen LogP contribution in [0.4, 0.5) is 0 Å². The van der Waals surface area contributed by atoms with E-state index >= 15 is 0 Å². The Morgan fingerprint density at radius 1 is 1.35 bits per heavy atom. The third-order valence-corrected chi connectivity index (χ3v) is 4.52. The number of amides is 1.